The predicted octanol–water partition coefficient (Wildman–Crippen LogP) is 1.28. The van der Waals surface area contributed by atoms with Gasteiger partial charge < -0.3 is 16.2 Å². The number of carbonyl (C=O) groups excluding carboxylic acids is 2. The van der Waals surface area contributed by atoms with Crippen molar-refractivity contribution in [2.75, 3.05) is 11.5 Å². The Bertz CT molecular complexity index is 817. The summed E-state index contributed by atoms with van der Waals surface area (Å²) < 4.78 is 0. The summed E-state index contributed by atoms with van der Waals surface area (Å²) in [5.74, 6) is -1.50. The van der Waals surface area contributed by atoms with Gasteiger partial charge in [-0.1, -0.05) is 19.4 Å². The number of fused-ring (bicyclic) bond motifs is 1. The molecule has 2 amide bonds. The largest absolute Gasteiger partial charge is 0.477 e. The number of unbranched alkanes of at least 4 members (excludes halogenated alkanes) is 1. The first kappa shape index (κ1) is 18.5. The van der Waals surface area contributed by atoms with Crippen molar-refractivity contribution in [3.05, 3.63) is 28.9 Å². The van der Waals surface area contributed by atoms with Crippen molar-refractivity contribution in [1.82, 2.24) is 15.2 Å². The van der Waals surface area contributed by atoms with Crippen LogP contribution >= 0.6 is 23.1 Å². The maximum absolute atomic E-state index is 12.7. The maximum atomic E-state index is 12.7. The van der Waals surface area contributed by atoms with Gasteiger partial charge in [0.1, 0.15) is 17.1 Å². The fourth-order valence-electron chi connectivity index (χ4n) is 2.77. The lowest BCUT2D eigenvalue weighted by atomic mass is 10.0. The molecular weight excluding hydrogens is 376 g/mol. The highest BCUT2D eigenvalue weighted by Gasteiger charge is 2.52. The molecule has 1 fully saturated rings. The van der Waals surface area contributed by atoms with E-state index in [2.05, 4.69) is 10.3 Å². The van der Waals surface area contributed by atoms with E-state index in [1.807, 2.05) is 6.92 Å². The number of allylic oxidation sites excluding steroid dienone is 1. The molecule has 10 heteroatoms. The maximum Gasteiger partial charge on any atom is 0.352 e. The topological polar surface area (TPSA) is 126 Å². The summed E-state index contributed by atoms with van der Waals surface area (Å²) in [6, 6.07) is -0.753. The van der Waals surface area contributed by atoms with Crippen LogP contribution in [-0.4, -0.2) is 49.9 Å². The molecule has 0 radical (unpaired) electrons. The number of amides is 2. The molecule has 0 bridgehead atoms. The Morgan fingerprint density at radius 1 is 1.54 bits per heavy atom. The molecule has 2 atom stereocenters. The number of carboxylic acid groups (broad SMARTS) is 1. The van der Waals surface area contributed by atoms with Crippen LogP contribution in [0.25, 0.3) is 5.57 Å². The molecule has 8 nitrogen and oxygen atoms in total. The molecule has 4 N–H and O–H groups in total. The molecule has 0 unspecified atom stereocenters. The zero-order valence-electron chi connectivity index (χ0n) is 14.0. The molecule has 3 rings (SSSR count). The summed E-state index contributed by atoms with van der Waals surface area (Å²) >= 11 is 2.65. The number of nitrogens with two attached hydrogens (primary N) is 1. The number of aromatic nitrogens is 1. The van der Waals surface area contributed by atoms with Gasteiger partial charge >= 0.3 is 5.97 Å². The van der Waals surface area contributed by atoms with Crippen molar-refractivity contribution in [2.24, 2.45) is 0 Å². The average Bonchev–Trinajstić information content (AvgIpc) is 3.05. The van der Waals surface area contributed by atoms with Gasteiger partial charge in [0.05, 0.1) is 11.3 Å². The number of hydrogen-bond acceptors (Lipinski definition) is 7. The van der Waals surface area contributed by atoms with E-state index in [-0.39, 0.29) is 5.70 Å². The average molecular weight is 394 g/mol. The second kappa shape index (κ2) is 7.50. The summed E-state index contributed by atoms with van der Waals surface area (Å²) in [6.45, 7) is 1.99. The van der Waals surface area contributed by atoms with Crippen LogP contribution in [0.3, 0.4) is 0 Å². The first-order valence-electron chi connectivity index (χ1n) is 8.04. The third-order valence-corrected chi connectivity index (χ3v) is 5.89. The number of nitrogen functional groups attached to an aromatic ring is 1. The first-order chi connectivity index (χ1) is 12.4. The van der Waals surface area contributed by atoms with E-state index in [9.17, 15) is 19.5 Å². The van der Waals surface area contributed by atoms with Crippen molar-refractivity contribution < 1.29 is 19.5 Å². The number of nitrogens with one attached hydrogen (secondary N) is 1. The van der Waals surface area contributed by atoms with Crippen LogP contribution in [-0.2, 0) is 14.4 Å². The molecule has 3 heterocycles. The number of aliphatic carboxylic acids is 1. The number of rotatable bonds is 6. The molecule has 1 aromatic heterocycles. The highest BCUT2D eigenvalue weighted by molar-refractivity contribution is 8.00. The highest BCUT2D eigenvalue weighted by atomic mass is 32.2. The van der Waals surface area contributed by atoms with Gasteiger partial charge in [-0.25, -0.2) is 9.78 Å². The lowest BCUT2D eigenvalue weighted by Gasteiger charge is -2.48. The monoisotopic (exact) mass is 394 g/mol. The predicted molar refractivity (Wildman–Crippen MR) is 100 cm³/mol. The molecule has 0 spiro atoms. The zero-order chi connectivity index (χ0) is 18.8. The number of β-lactam (4-membered cyclic amide) rings is 1. The van der Waals surface area contributed by atoms with Crippen LogP contribution in [0.15, 0.2) is 23.2 Å². The standard InChI is InChI=1S/C16H18N4O4S2/c1-2-3-4-8(9-7-26-16(17)18-9)12(21)19-11-13(22)20-10(15(23)24)5-6-25-14(11)20/h4-5,7,11,14H,2-3,6H2,1H3,(H2,17,18)(H,19,21)(H,23,24)/b8-4-/t11-,14-/m1/s1. The Morgan fingerprint density at radius 2 is 2.31 bits per heavy atom. The number of anilines is 1. The second-order valence-electron chi connectivity index (χ2n) is 5.76. The fourth-order valence-corrected chi connectivity index (χ4v) is 4.53. The van der Waals surface area contributed by atoms with Crippen molar-refractivity contribution >= 4 is 51.6 Å². The second-order valence-corrected chi connectivity index (χ2v) is 7.79. The van der Waals surface area contributed by atoms with Crippen LogP contribution in [0.1, 0.15) is 25.5 Å². The summed E-state index contributed by atoms with van der Waals surface area (Å²) in [6.07, 6.45) is 4.83. The fraction of sp³-hybridized carbons (Fsp3) is 0.375. The van der Waals surface area contributed by atoms with Crippen LogP contribution in [0.2, 0.25) is 0 Å². The van der Waals surface area contributed by atoms with Gasteiger partial charge in [-0.3, -0.25) is 14.5 Å². The van der Waals surface area contributed by atoms with Gasteiger partial charge in [-0.15, -0.1) is 23.1 Å². The third kappa shape index (κ3) is 3.34. The minimum absolute atomic E-state index is 0.0294. The minimum Gasteiger partial charge on any atom is -0.477 e. The molecule has 1 aromatic rings. The lowest BCUT2D eigenvalue weighted by molar-refractivity contribution is -0.150. The summed E-state index contributed by atoms with van der Waals surface area (Å²) in [7, 11) is 0. The Labute approximate surface area is 158 Å². The third-order valence-electron chi connectivity index (χ3n) is 4.03. The van der Waals surface area contributed by atoms with Crippen LogP contribution in [0, 0.1) is 0 Å². The Balaban J connectivity index is 1.76. The summed E-state index contributed by atoms with van der Waals surface area (Å²) in [4.78, 5) is 41.7. The minimum atomic E-state index is -1.14. The van der Waals surface area contributed by atoms with Crippen molar-refractivity contribution in [3.63, 3.8) is 0 Å². The van der Waals surface area contributed by atoms with Gasteiger partial charge in [0, 0.05) is 11.1 Å². The van der Waals surface area contributed by atoms with Crippen LogP contribution in [0.5, 0.6) is 0 Å². The summed E-state index contributed by atoms with van der Waals surface area (Å²) in [5, 5.41) is 13.6. The van der Waals surface area contributed by atoms with E-state index in [1.165, 1.54) is 34.1 Å². The Morgan fingerprint density at radius 3 is 2.92 bits per heavy atom. The molecule has 2 aliphatic rings. The normalized spacial score (nSPS) is 22.3. The van der Waals surface area contributed by atoms with Gasteiger partial charge in [0.15, 0.2) is 5.13 Å². The van der Waals surface area contributed by atoms with E-state index in [1.54, 1.807) is 11.5 Å². The van der Waals surface area contributed by atoms with Gasteiger partial charge in [-0.05, 0) is 12.5 Å². The van der Waals surface area contributed by atoms with E-state index in [0.29, 0.717) is 28.6 Å². The highest BCUT2D eigenvalue weighted by Crippen LogP contribution is 2.37. The molecular formula is C16H18N4O4S2. The molecule has 2 aliphatic heterocycles. The van der Waals surface area contributed by atoms with Crippen LogP contribution < -0.4 is 11.1 Å². The van der Waals surface area contributed by atoms with E-state index < -0.39 is 29.2 Å². The molecule has 0 aliphatic carbocycles. The van der Waals surface area contributed by atoms with E-state index >= 15 is 0 Å². The SMILES string of the molecule is CCC/C=C(\C(=O)N[C@@H]1C(=O)N2C(C(=O)O)=CCS[C@H]12)c1csc(N)n1. The van der Waals surface area contributed by atoms with E-state index in [4.69, 9.17) is 5.73 Å². The number of carboxylic acids is 1. The van der Waals surface area contributed by atoms with E-state index in [0.717, 1.165) is 6.42 Å². The Hall–Kier alpha value is -2.33. The Kier molecular flexibility index (Phi) is 5.33. The van der Waals surface area contributed by atoms with Crippen LogP contribution in [0.4, 0.5) is 5.13 Å². The molecule has 26 heavy (non-hydrogen) atoms. The van der Waals surface area contributed by atoms with Gasteiger partial charge in [0.25, 0.3) is 11.8 Å². The van der Waals surface area contributed by atoms with Crippen molar-refractivity contribution in [3.8, 4) is 0 Å². The zero-order valence-corrected chi connectivity index (χ0v) is 15.6. The molecule has 0 saturated carbocycles. The lowest BCUT2D eigenvalue weighted by Crippen LogP contribution is -2.70. The molecule has 0 aromatic carbocycles. The quantitative estimate of drug-likeness (QED) is 0.490. The number of hydrogen-bond donors (Lipinski definition) is 3. The summed E-state index contributed by atoms with van der Waals surface area (Å²) in [5.41, 5.74) is 6.48. The van der Waals surface area contributed by atoms with Crippen molar-refractivity contribution in [2.45, 2.75) is 31.2 Å². The molecule has 138 valence electrons. The molecule has 1 saturated heterocycles. The smallest absolute Gasteiger partial charge is 0.352 e. The van der Waals surface area contributed by atoms with Gasteiger partial charge in [-0.2, -0.15) is 0 Å². The number of nitrogens with zero attached hydrogens (tertiary/aromatic N) is 2. The number of carbonyl (C=O) groups is 3. The van der Waals surface area contributed by atoms with Crippen molar-refractivity contribution in [1.29, 1.82) is 0 Å². The van der Waals surface area contributed by atoms with Gasteiger partial charge in [0.2, 0.25) is 0 Å². The number of thiazole rings is 1. The number of thioether (sulfide) groups is 1. The first-order valence-corrected chi connectivity index (χ1v) is 9.97.